The van der Waals surface area contributed by atoms with Gasteiger partial charge in [-0.2, -0.15) is 8.42 Å². The van der Waals surface area contributed by atoms with Crippen LogP contribution in [0.25, 0.3) is 0 Å². The van der Waals surface area contributed by atoms with Crippen LogP contribution in [0.1, 0.15) is 0 Å². The lowest BCUT2D eigenvalue weighted by Crippen LogP contribution is -2.07. The third kappa shape index (κ3) is 7.26. The number of anilines is 1. The molecule has 0 spiro atoms. The molecule has 0 bridgehead atoms. The Kier molecular flexibility index (Phi) is 6.08. The van der Waals surface area contributed by atoms with E-state index in [-0.39, 0.29) is 0 Å². The summed E-state index contributed by atoms with van der Waals surface area (Å²) in [6, 6.07) is 5.21. The highest BCUT2D eigenvalue weighted by Crippen LogP contribution is 2.25. The lowest BCUT2D eigenvalue weighted by molar-refractivity contribution is 0.381. The quantitative estimate of drug-likeness (QED) is 0.359. The van der Waals surface area contributed by atoms with Gasteiger partial charge in [0.05, 0.1) is 17.8 Å². The Morgan fingerprint density at radius 1 is 1.44 bits per heavy atom. The highest BCUT2D eigenvalue weighted by Gasteiger charge is 1.98. The number of methoxy groups -OCH3 is 1. The predicted molar refractivity (Wildman–Crippen MR) is 60.0 cm³/mol. The summed E-state index contributed by atoms with van der Waals surface area (Å²) in [7, 11) is -3.08. The van der Waals surface area contributed by atoms with Gasteiger partial charge < -0.3 is 10.2 Å². The first-order valence-electron chi connectivity index (χ1n) is 3.78. The van der Waals surface area contributed by atoms with E-state index in [0.29, 0.717) is 10.7 Å². The zero-order chi connectivity index (χ0) is 12.8. The van der Waals surface area contributed by atoms with E-state index in [1.165, 1.54) is 0 Å². The van der Waals surface area contributed by atoms with Crippen molar-refractivity contribution in [2.45, 2.75) is 0 Å². The molecular formula is C7H11ClN2O5S. The minimum absolute atomic E-state index is 0.577. The molecule has 5 N–H and O–H groups in total. The number of benzene rings is 1. The van der Waals surface area contributed by atoms with Crippen molar-refractivity contribution in [3.8, 4) is 5.75 Å². The molecule has 0 aromatic heterocycles. The smallest absolute Gasteiger partial charge is 0.394 e. The van der Waals surface area contributed by atoms with E-state index >= 15 is 0 Å². The summed E-state index contributed by atoms with van der Waals surface area (Å²) < 4.78 is 36.5. The Morgan fingerprint density at radius 2 is 1.94 bits per heavy atom. The molecule has 1 aromatic carbocycles. The molecular weight excluding hydrogens is 260 g/mol. The Labute approximate surface area is 97.7 Å². The number of halogens is 1. The summed E-state index contributed by atoms with van der Waals surface area (Å²) in [5, 5.41) is 0.577. The summed E-state index contributed by atoms with van der Waals surface area (Å²) in [5.74, 6) is 5.91. The average Bonchev–Trinajstić information content (AvgIpc) is 2.16. The van der Waals surface area contributed by atoms with Crippen LogP contribution in [-0.2, 0) is 10.4 Å². The molecule has 0 saturated heterocycles. The van der Waals surface area contributed by atoms with Gasteiger partial charge in [-0.25, -0.2) is 0 Å². The molecule has 1 rings (SSSR count). The molecule has 0 atom stereocenters. The van der Waals surface area contributed by atoms with Crippen molar-refractivity contribution in [2.24, 2.45) is 5.84 Å². The number of nitrogens with one attached hydrogen (secondary N) is 1. The number of nitrogen functional groups attached to an aromatic ring is 1. The number of nitrogens with two attached hydrogens (primary N) is 1. The lowest BCUT2D eigenvalue weighted by Gasteiger charge is -2.04. The molecule has 0 saturated carbocycles. The van der Waals surface area contributed by atoms with Crippen molar-refractivity contribution in [3.63, 3.8) is 0 Å². The summed E-state index contributed by atoms with van der Waals surface area (Å²) >= 11 is 5.76. The van der Waals surface area contributed by atoms with Crippen LogP contribution in [0.5, 0.6) is 5.75 Å². The van der Waals surface area contributed by atoms with Crippen molar-refractivity contribution in [1.29, 1.82) is 0 Å². The van der Waals surface area contributed by atoms with Gasteiger partial charge in [-0.1, -0.05) is 11.6 Å². The van der Waals surface area contributed by atoms with Crippen LogP contribution in [-0.4, -0.2) is 24.6 Å². The first-order valence-corrected chi connectivity index (χ1v) is 5.55. The fraction of sp³-hybridized carbons (Fsp3) is 0.143. The van der Waals surface area contributed by atoms with Gasteiger partial charge in [-0.05, 0) is 12.1 Å². The van der Waals surface area contributed by atoms with Gasteiger partial charge in [-0.3, -0.25) is 14.9 Å². The second-order valence-corrected chi connectivity index (χ2v) is 3.74. The Bertz CT molecular complexity index is 428. The standard InChI is InChI=1S/C7H9ClN2O.H2O4S/c1-11-5-2-3-6(8)7(4-5)10-9;1-5(2,3)4/h2-4,10H,9H2,1H3;(H2,1,2,3,4). The molecule has 0 heterocycles. The van der Waals surface area contributed by atoms with Gasteiger partial charge in [-0.15, -0.1) is 0 Å². The summed E-state index contributed by atoms with van der Waals surface area (Å²) in [6.07, 6.45) is 0. The maximum atomic E-state index is 8.74. The molecule has 92 valence electrons. The van der Waals surface area contributed by atoms with E-state index in [1.54, 1.807) is 25.3 Å². The summed E-state index contributed by atoms with van der Waals surface area (Å²) in [4.78, 5) is 0. The van der Waals surface area contributed by atoms with Gasteiger partial charge in [0, 0.05) is 6.07 Å². The average molecular weight is 271 g/mol. The number of ether oxygens (including phenoxy) is 1. The Hall–Kier alpha value is -1.06. The zero-order valence-corrected chi connectivity index (χ0v) is 9.79. The highest BCUT2D eigenvalue weighted by atomic mass is 35.5. The maximum absolute atomic E-state index is 8.74. The fourth-order valence-corrected chi connectivity index (χ4v) is 0.914. The molecule has 0 aliphatic rings. The number of hydrogen-bond acceptors (Lipinski definition) is 5. The van der Waals surface area contributed by atoms with Crippen LogP contribution in [0, 0.1) is 0 Å². The lowest BCUT2D eigenvalue weighted by atomic mass is 10.3. The minimum Gasteiger partial charge on any atom is -0.497 e. The van der Waals surface area contributed by atoms with Crippen LogP contribution in [0.3, 0.4) is 0 Å². The highest BCUT2D eigenvalue weighted by molar-refractivity contribution is 7.79. The second kappa shape index (κ2) is 6.51. The minimum atomic E-state index is -4.67. The molecule has 7 nitrogen and oxygen atoms in total. The Balaban J connectivity index is 0.000000385. The van der Waals surface area contributed by atoms with E-state index in [1.807, 2.05) is 0 Å². The van der Waals surface area contributed by atoms with E-state index in [9.17, 15) is 0 Å². The van der Waals surface area contributed by atoms with Crippen LogP contribution in [0.15, 0.2) is 18.2 Å². The van der Waals surface area contributed by atoms with Crippen molar-refractivity contribution in [3.05, 3.63) is 23.2 Å². The molecule has 16 heavy (non-hydrogen) atoms. The zero-order valence-electron chi connectivity index (χ0n) is 8.21. The predicted octanol–water partition coefficient (Wildman–Crippen LogP) is 0.981. The molecule has 0 aliphatic carbocycles. The third-order valence-corrected chi connectivity index (χ3v) is 1.66. The van der Waals surface area contributed by atoms with Crippen molar-refractivity contribution in [1.82, 2.24) is 0 Å². The number of hydrazine groups is 1. The summed E-state index contributed by atoms with van der Waals surface area (Å²) in [6.45, 7) is 0. The number of rotatable bonds is 2. The van der Waals surface area contributed by atoms with Crippen molar-refractivity contribution >= 4 is 27.7 Å². The maximum Gasteiger partial charge on any atom is 0.394 e. The van der Waals surface area contributed by atoms with E-state index in [4.69, 9.17) is 39.7 Å². The SMILES string of the molecule is COc1ccc(Cl)c(NN)c1.O=S(=O)(O)O. The molecule has 0 unspecified atom stereocenters. The molecule has 1 aromatic rings. The van der Waals surface area contributed by atoms with E-state index in [0.717, 1.165) is 5.75 Å². The number of hydrogen-bond donors (Lipinski definition) is 4. The summed E-state index contributed by atoms with van der Waals surface area (Å²) in [5.41, 5.74) is 3.12. The largest absolute Gasteiger partial charge is 0.497 e. The van der Waals surface area contributed by atoms with E-state index < -0.39 is 10.4 Å². The molecule has 9 heteroatoms. The van der Waals surface area contributed by atoms with Crippen LogP contribution >= 0.6 is 11.6 Å². The van der Waals surface area contributed by atoms with Gasteiger partial charge >= 0.3 is 10.4 Å². The van der Waals surface area contributed by atoms with Gasteiger partial charge in [0.1, 0.15) is 5.75 Å². The van der Waals surface area contributed by atoms with Crippen LogP contribution < -0.4 is 16.0 Å². The third-order valence-electron chi connectivity index (χ3n) is 1.33. The first-order chi connectivity index (χ1) is 7.27. The monoisotopic (exact) mass is 270 g/mol. The normalized spacial score (nSPS) is 10.1. The van der Waals surface area contributed by atoms with Gasteiger partial charge in [0.2, 0.25) is 0 Å². The topological polar surface area (TPSA) is 122 Å². The molecule has 0 fully saturated rings. The van der Waals surface area contributed by atoms with Crippen LogP contribution in [0.4, 0.5) is 5.69 Å². The van der Waals surface area contributed by atoms with Gasteiger partial charge in [0.25, 0.3) is 0 Å². The molecule has 0 aliphatic heterocycles. The van der Waals surface area contributed by atoms with E-state index in [2.05, 4.69) is 5.43 Å². The van der Waals surface area contributed by atoms with Crippen LogP contribution in [0.2, 0.25) is 5.02 Å². The Morgan fingerprint density at radius 3 is 2.31 bits per heavy atom. The van der Waals surface area contributed by atoms with Gasteiger partial charge in [0.15, 0.2) is 0 Å². The molecule has 0 radical (unpaired) electrons. The fourth-order valence-electron chi connectivity index (χ4n) is 0.742. The first kappa shape index (κ1) is 14.9. The van der Waals surface area contributed by atoms with Crippen molar-refractivity contribution < 1.29 is 22.3 Å². The van der Waals surface area contributed by atoms with Crippen molar-refractivity contribution in [2.75, 3.05) is 12.5 Å². The second-order valence-electron chi connectivity index (χ2n) is 2.44. The molecule has 0 amide bonds.